The van der Waals surface area contributed by atoms with E-state index in [0.29, 0.717) is 34.4 Å². The van der Waals surface area contributed by atoms with Crippen LogP contribution < -0.4 is 5.32 Å². The van der Waals surface area contributed by atoms with Crippen LogP contribution in [0.15, 0.2) is 47.4 Å². The summed E-state index contributed by atoms with van der Waals surface area (Å²) in [6.45, 7) is 5.40. The highest BCUT2D eigenvalue weighted by atomic mass is 35.5. The molecule has 1 N–H and O–H groups in total. The van der Waals surface area contributed by atoms with Crippen LogP contribution in [0.25, 0.3) is 0 Å². The number of carbonyl (C=O) groups is 1. The first-order valence-corrected chi connectivity index (χ1v) is 11.6. The molecule has 1 amide bonds. The van der Waals surface area contributed by atoms with Crippen LogP contribution in [0.1, 0.15) is 12.5 Å². The topological polar surface area (TPSA) is 69.7 Å². The van der Waals surface area contributed by atoms with Crippen LogP contribution in [-0.4, -0.2) is 56.3 Å². The lowest BCUT2D eigenvalue weighted by molar-refractivity contribution is -0.115. The molecule has 1 fully saturated rings. The van der Waals surface area contributed by atoms with Crippen molar-refractivity contribution in [2.24, 2.45) is 0 Å². The number of piperazine rings is 1. The van der Waals surface area contributed by atoms with E-state index in [9.17, 15) is 13.2 Å². The summed E-state index contributed by atoms with van der Waals surface area (Å²) < 4.78 is 27.2. The average Bonchev–Trinajstić information content (AvgIpc) is 2.71. The molecule has 2 aromatic rings. The Morgan fingerprint density at radius 2 is 1.59 bits per heavy atom. The number of hydrogen-bond donors (Lipinski definition) is 1. The number of hydrogen-bond acceptors (Lipinski definition) is 4. The summed E-state index contributed by atoms with van der Waals surface area (Å²) in [5, 5.41) is 3.60. The molecule has 0 spiro atoms. The van der Waals surface area contributed by atoms with Gasteiger partial charge in [-0.25, -0.2) is 8.42 Å². The number of nitrogens with zero attached hydrogens (tertiary/aromatic N) is 2. The van der Waals surface area contributed by atoms with Crippen molar-refractivity contribution in [3.8, 4) is 0 Å². The molecule has 0 aromatic heterocycles. The lowest BCUT2D eigenvalue weighted by Gasteiger charge is -2.33. The zero-order valence-electron chi connectivity index (χ0n) is 16.1. The minimum Gasteiger partial charge on any atom is -0.326 e. The Kier molecular flexibility index (Phi) is 7.19. The molecule has 0 radical (unpaired) electrons. The molecule has 0 saturated carbocycles. The molecule has 156 valence electrons. The van der Waals surface area contributed by atoms with Crippen molar-refractivity contribution >= 4 is 44.8 Å². The average molecular weight is 456 g/mol. The van der Waals surface area contributed by atoms with Gasteiger partial charge >= 0.3 is 0 Å². The SMILES string of the molecule is CCN1CCN(S(=O)(=O)c2ccc(NC(=O)Cc3c(Cl)cccc3Cl)cc2)CC1. The van der Waals surface area contributed by atoms with Gasteiger partial charge in [-0.05, 0) is 48.5 Å². The lowest BCUT2D eigenvalue weighted by atomic mass is 10.1. The number of anilines is 1. The normalized spacial score (nSPS) is 16.0. The van der Waals surface area contributed by atoms with Crippen molar-refractivity contribution in [3.05, 3.63) is 58.1 Å². The van der Waals surface area contributed by atoms with E-state index in [1.54, 1.807) is 30.3 Å². The van der Waals surface area contributed by atoms with Crippen LogP contribution in [0.3, 0.4) is 0 Å². The van der Waals surface area contributed by atoms with E-state index >= 15 is 0 Å². The molecule has 0 bridgehead atoms. The summed E-state index contributed by atoms with van der Waals surface area (Å²) in [4.78, 5) is 14.8. The highest BCUT2D eigenvalue weighted by Crippen LogP contribution is 2.25. The van der Waals surface area contributed by atoms with Crippen LogP contribution in [-0.2, 0) is 21.2 Å². The predicted octanol–water partition coefficient (Wildman–Crippen LogP) is 3.50. The summed E-state index contributed by atoms with van der Waals surface area (Å²) in [7, 11) is -3.54. The summed E-state index contributed by atoms with van der Waals surface area (Å²) in [5.41, 5.74) is 1.06. The standard InChI is InChI=1S/C20H23Cl2N3O3S/c1-2-24-10-12-25(13-11-24)29(27,28)16-8-6-15(7-9-16)23-20(26)14-17-18(21)4-3-5-19(17)22/h3-9H,2,10-14H2,1H3,(H,23,26). The molecule has 0 atom stereocenters. The Labute approximate surface area is 181 Å². The van der Waals surface area contributed by atoms with Gasteiger partial charge in [0.15, 0.2) is 0 Å². The van der Waals surface area contributed by atoms with E-state index in [2.05, 4.69) is 17.1 Å². The van der Waals surface area contributed by atoms with Gasteiger partial charge < -0.3 is 10.2 Å². The highest BCUT2D eigenvalue weighted by Gasteiger charge is 2.27. The van der Waals surface area contributed by atoms with E-state index in [1.165, 1.54) is 16.4 Å². The number of rotatable bonds is 6. The number of nitrogens with one attached hydrogen (secondary N) is 1. The van der Waals surface area contributed by atoms with Crippen molar-refractivity contribution in [2.75, 3.05) is 38.0 Å². The fraction of sp³-hybridized carbons (Fsp3) is 0.350. The van der Waals surface area contributed by atoms with Gasteiger partial charge in [-0.1, -0.05) is 36.2 Å². The Hall–Kier alpha value is -1.64. The second kappa shape index (κ2) is 9.45. The number of carbonyl (C=O) groups excluding carboxylic acids is 1. The molecule has 3 rings (SSSR count). The summed E-state index contributed by atoms with van der Waals surface area (Å²) in [6.07, 6.45) is 0.0280. The van der Waals surface area contributed by atoms with Crippen molar-refractivity contribution in [3.63, 3.8) is 0 Å². The van der Waals surface area contributed by atoms with Crippen LogP contribution in [0.5, 0.6) is 0 Å². The monoisotopic (exact) mass is 455 g/mol. The maximum atomic E-state index is 12.8. The lowest BCUT2D eigenvalue weighted by Crippen LogP contribution is -2.48. The van der Waals surface area contributed by atoms with Gasteiger partial charge in [-0.3, -0.25) is 4.79 Å². The molecular formula is C20H23Cl2N3O3S. The molecule has 1 heterocycles. The Bertz CT molecular complexity index is 953. The molecule has 29 heavy (non-hydrogen) atoms. The largest absolute Gasteiger partial charge is 0.326 e. The van der Waals surface area contributed by atoms with E-state index < -0.39 is 10.0 Å². The van der Waals surface area contributed by atoms with Gasteiger partial charge in [0.25, 0.3) is 0 Å². The van der Waals surface area contributed by atoms with E-state index in [0.717, 1.165) is 19.6 Å². The van der Waals surface area contributed by atoms with Gasteiger partial charge in [0, 0.05) is 41.9 Å². The quantitative estimate of drug-likeness (QED) is 0.723. The molecular weight excluding hydrogens is 433 g/mol. The number of likely N-dealkylation sites (N-methyl/N-ethyl adjacent to an activating group) is 1. The molecule has 6 nitrogen and oxygen atoms in total. The molecule has 0 aliphatic carbocycles. The van der Waals surface area contributed by atoms with E-state index in [4.69, 9.17) is 23.2 Å². The van der Waals surface area contributed by atoms with Crippen LogP contribution in [0.2, 0.25) is 10.0 Å². The molecule has 1 aliphatic rings. The van der Waals surface area contributed by atoms with Crippen LogP contribution in [0, 0.1) is 0 Å². The van der Waals surface area contributed by atoms with Crippen molar-refractivity contribution in [1.29, 1.82) is 0 Å². The molecule has 2 aromatic carbocycles. The molecule has 1 aliphatic heterocycles. The first kappa shape index (κ1) is 22.1. The first-order chi connectivity index (χ1) is 13.8. The Balaban J connectivity index is 1.65. The molecule has 9 heteroatoms. The minimum atomic E-state index is -3.54. The maximum absolute atomic E-state index is 12.8. The van der Waals surface area contributed by atoms with Crippen molar-refractivity contribution in [1.82, 2.24) is 9.21 Å². The molecule has 1 saturated heterocycles. The predicted molar refractivity (Wildman–Crippen MR) is 116 cm³/mol. The van der Waals surface area contributed by atoms with Gasteiger partial charge in [0.05, 0.1) is 11.3 Å². The van der Waals surface area contributed by atoms with Gasteiger partial charge in [0.1, 0.15) is 0 Å². The van der Waals surface area contributed by atoms with Gasteiger partial charge in [0.2, 0.25) is 15.9 Å². The third-order valence-corrected chi connectivity index (χ3v) is 7.57. The fourth-order valence-electron chi connectivity index (χ4n) is 3.21. The fourth-order valence-corrected chi connectivity index (χ4v) is 5.17. The zero-order chi connectivity index (χ0) is 21.0. The molecule has 0 unspecified atom stereocenters. The van der Waals surface area contributed by atoms with Crippen molar-refractivity contribution in [2.45, 2.75) is 18.2 Å². The van der Waals surface area contributed by atoms with Crippen LogP contribution >= 0.6 is 23.2 Å². The summed E-state index contributed by atoms with van der Waals surface area (Å²) in [6, 6.07) is 11.3. The minimum absolute atomic E-state index is 0.0280. The third kappa shape index (κ3) is 5.29. The number of sulfonamides is 1. The Morgan fingerprint density at radius 3 is 2.14 bits per heavy atom. The zero-order valence-corrected chi connectivity index (χ0v) is 18.4. The maximum Gasteiger partial charge on any atom is 0.243 e. The van der Waals surface area contributed by atoms with Gasteiger partial charge in [-0.2, -0.15) is 4.31 Å². The van der Waals surface area contributed by atoms with Crippen LogP contribution in [0.4, 0.5) is 5.69 Å². The summed E-state index contributed by atoms with van der Waals surface area (Å²) >= 11 is 12.2. The number of amides is 1. The second-order valence-electron chi connectivity index (χ2n) is 6.79. The highest BCUT2D eigenvalue weighted by molar-refractivity contribution is 7.89. The van der Waals surface area contributed by atoms with E-state index in [1.807, 2.05) is 0 Å². The van der Waals surface area contributed by atoms with E-state index in [-0.39, 0.29) is 17.2 Å². The van der Waals surface area contributed by atoms with Gasteiger partial charge in [-0.15, -0.1) is 0 Å². The first-order valence-electron chi connectivity index (χ1n) is 9.36. The van der Waals surface area contributed by atoms with Crippen molar-refractivity contribution < 1.29 is 13.2 Å². The number of benzene rings is 2. The number of halogens is 2. The summed E-state index contributed by atoms with van der Waals surface area (Å²) in [5.74, 6) is -0.286. The Morgan fingerprint density at radius 1 is 1.00 bits per heavy atom. The smallest absolute Gasteiger partial charge is 0.243 e. The second-order valence-corrected chi connectivity index (χ2v) is 9.54. The third-order valence-electron chi connectivity index (χ3n) is 4.95.